The fourth-order valence-electron chi connectivity index (χ4n) is 3.27. The summed E-state index contributed by atoms with van der Waals surface area (Å²) < 4.78 is 12.4. The molecule has 0 fully saturated rings. The van der Waals surface area contributed by atoms with Crippen molar-refractivity contribution in [1.29, 1.82) is 0 Å². The monoisotopic (exact) mass is 544 g/mol. The first-order valence-electron chi connectivity index (χ1n) is 11.0. The second kappa shape index (κ2) is 11.2. The molecule has 0 unspecified atom stereocenters. The highest BCUT2D eigenvalue weighted by Crippen LogP contribution is 2.30. The molecule has 0 radical (unpaired) electrons. The van der Waals surface area contributed by atoms with E-state index in [4.69, 9.17) is 9.47 Å². The number of halogens is 1. The van der Waals surface area contributed by atoms with Gasteiger partial charge in [0.25, 0.3) is 5.56 Å². The van der Waals surface area contributed by atoms with Crippen LogP contribution in [-0.4, -0.2) is 39.5 Å². The van der Waals surface area contributed by atoms with Crippen molar-refractivity contribution >= 4 is 44.7 Å². The van der Waals surface area contributed by atoms with Gasteiger partial charge in [0, 0.05) is 22.0 Å². The molecule has 184 valence electrons. The Balaban J connectivity index is 2.10. The largest absolute Gasteiger partial charge is 0.474 e. The van der Waals surface area contributed by atoms with E-state index in [1.54, 1.807) is 38.1 Å². The number of ether oxygens (including phenoxy) is 2. The average molecular weight is 545 g/mol. The van der Waals surface area contributed by atoms with Crippen LogP contribution in [0.15, 0.2) is 50.8 Å². The number of esters is 1. The molecule has 1 heterocycles. The highest BCUT2D eigenvalue weighted by Gasteiger charge is 2.21. The van der Waals surface area contributed by atoms with Gasteiger partial charge in [-0.2, -0.15) is 9.78 Å². The van der Waals surface area contributed by atoms with Gasteiger partial charge in [0.15, 0.2) is 6.61 Å². The van der Waals surface area contributed by atoms with Crippen molar-refractivity contribution in [2.45, 2.75) is 46.1 Å². The molecule has 0 bridgehead atoms. The van der Waals surface area contributed by atoms with E-state index >= 15 is 0 Å². The zero-order chi connectivity index (χ0) is 25.7. The molecule has 0 saturated heterocycles. The normalized spacial score (nSPS) is 12.3. The Morgan fingerprint density at radius 3 is 2.69 bits per heavy atom. The van der Waals surface area contributed by atoms with Crippen LogP contribution in [0.2, 0.25) is 0 Å². The smallest absolute Gasteiger partial charge is 0.344 e. The Hall–Kier alpha value is -3.60. The lowest BCUT2D eigenvalue weighted by molar-refractivity contribution is -0.385. The number of hydrogen-bond acceptors (Lipinski definition) is 8. The number of carbonyl (C=O) groups excluding carboxylic acids is 1. The SMILES string of the molecule is CC[C@@H](C)c1nc2ccc(Br)cc2c(=O)n1N=Cc1cccc([N+](=O)[O-])c1OCC(=O)OC(C)C. The molecule has 1 atom stereocenters. The van der Waals surface area contributed by atoms with Gasteiger partial charge >= 0.3 is 11.7 Å². The Kier molecular flexibility index (Phi) is 8.34. The summed E-state index contributed by atoms with van der Waals surface area (Å²) in [6.07, 6.45) is 1.64. The van der Waals surface area contributed by atoms with Gasteiger partial charge in [-0.05, 0) is 44.5 Å². The Labute approximate surface area is 209 Å². The predicted octanol–water partition coefficient (Wildman–Crippen LogP) is 4.79. The molecular formula is C24H25BrN4O6. The quantitative estimate of drug-likeness (QED) is 0.164. The number of rotatable bonds is 9. The number of nitro benzene ring substituents is 1. The van der Waals surface area contributed by atoms with E-state index in [0.29, 0.717) is 23.1 Å². The molecule has 0 aliphatic heterocycles. The lowest BCUT2D eigenvalue weighted by Gasteiger charge is -2.14. The van der Waals surface area contributed by atoms with Crippen LogP contribution in [0.4, 0.5) is 5.69 Å². The van der Waals surface area contributed by atoms with Gasteiger partial charge in [0.1, 0.15) is 5.82 Å². The van der Waals surface area contributed by atoms with E-state index in [-0.39, 0.29) is 34.6 Å². The molecule has 0 saturated carbocycles. The zero-order valence-corrected chi connectivity index (χ0v) is 21.3. The minimum atomic E-state index is -0.666. The van der Waals surface area contributed by atoms with Crippen molar-refractivity contribution in [3.63, 3.8) is 0 Å². The first-order chi connectivity index (χ1) is 16.6. The van der Waals surface area contributed by atoms with E-state index in [9.17, 15) is 19.7 Å². The van der Waals surface area contributed by atoms with Crippen LogP contribution in [0.3, 0.4) is 0 Å². The van der Waals surface area contributed by atoms with Crippen LogP contribution in [0, 0.1) is 10.1 Å². The van der Waals surface area contributed by atoms with Gasteiger partial charge in [0.2, 0.25) is 5.75 Å². The van der Waals surface area contributed by atoms with Crippen molar-refractivity contribution in [3.8, 4) is 5.75 Å². The first-order valence-corrected chi connectivity index (χ1v) is 11.8. The molecule has 0 N–H and O–H groups in total. The number of nitro groups is 1. The standard InChI is InChI=1S/C24H25BrN4O6/c1-5-15(4)23-27-19-10-9-17(25)11-18(19)24(31)28(23)26-12-16-7-6-8-20(29(32)33)22(16)34-13-21(30)35-14(2)3/h6-12,14-15H,5,13H2,1-4H3/t15-/m1/s1. The van der Waals surface area contributed by atoms with Crippen molar-refractivity contribution in [3.05, 3.63) is 72.7 Å². The molecule has 11 heteroatoms. The molecular weight excluding hydrogens is 520 g/mol. The lowest BCUT2D eigenvalue weighted by atomic mass is 10.1. The van der Waals surface area contributed by atoms with Gasteiger partial charge in [-0.3, -0.25) is 14.9 Å². The van der Waals surface area contributed by atoms with Gasteiger partial charge in [-0.15, -0.1) is 0 Å². The number of benzene rings is 2. The summed E-state index contributed by atoms with van der Waals surface area (Å²) >= 11 is 3.37. The third-order valence-corrected chi connectivity index (χ3v) is 5.61. The number of para-hydroxylation sites is 1. The van der Waals surface area contributed by atoms with E-state index in [2.05, 4.69) is 26.0 Å². The molecule has 0 aliphatic carbocycles. The molecule has 35 heavy (non-hydrogen) atoms. The zero-order valence-electron chi connectivity index (χ0n) is 19.7. The molecule has 0 spiro atoms. The maximum absolute atomic E-state index is 13.3. The number of carbonyl (C=O) groups is 1. The van der Waals surface area contributed by atoms with Gasteiger partial charge in [-0.1, -0.05) is 35.8 Å². The number of hydrogen-bond donors (Lipinski definition) is 0. The summed E-state index contributed by atoms with van der Waals surface area (Å²) in [5.41, 5.74) is 0.0356. The summed E-state index contributed by atoms with van der Waals surface area (Å²) in [7, 11) is 0. The molecule has 3 rings (SSSR count). The Morgan fingerprint density at radius 1 is 1.29 bits per heavy atom. The lowest BCUT2D eigenvalue weighted by Crippen LogP contribution is -2.24. The van der Waals surface area contributed by atoms with Crippen LogP contribution in [0.5, 0.6) is 5.75 Å². The maximum atomic E-state index is 13.3. The summed E-state index contributed by atoms with van der Waals surface area (Å²) in [6, 6.07) is 9.49. The minimum absolute atomic E-state index is 0.0838. The second-order valence-electron chi connectivity index (χ2n) is 8.08. The molecule has 0 aliphatic rings. The van der Waals surface area contributed by atoms with Crippen molar-refractivity contribution < 1.29 is 19.2 Å². The van der Waals surface area contributed by atoms with Crippen LogP contribution >= 0.6 is 15.9 Å². The van der Waals surface area contributed by atoms with Gasteiger partial charge in [0.05, 0.1) is 28.1 Å². The number of aromatic nitrogens is 2. The number of nitrogens with zero attached hydrogens (tertiary/aromatic N) is 4. The fourth-order valence-corrected chi connectivity index (χ4v) is 3.63. The van der Waals surface area contributed by atoms with Crippen LogP contribution in [-0.2, 0) is 9.53 Å². The molecule has 0 amide bonds. The van der Waals surface area contributed by atoms with Crippen LogP contribution < -0.4 is 10.3 Å². The van der Waals surface area contributed by atoms with Crippen molar-refractivity contribution in [2.75, 3.05) is 6.61 Å². The predicted molar refractivity (Wildman–Crippen MR) is 135 cm³/mol. The Bertz CT molecular complexity index is 1350. The van der Waals surface area contributed by atoms with Crippen molar-refractivity contribution in [2.24, 2.45) is 5.10 Å². The highest BCUT2D eigenvalue weighted by molar-refractivity contribution is 9.10. The molecule has 10 nitrogen and oxygen atoms in total. The van der Waals surface area contributed by atoms with Gasteiger partial charge < -0.3 is 9.47 Å². The number of fused-ring (bicyclic) bond motifs is 1. The van der Waals surface area contributed by atoms with Crippen LogP contribution in [0.1, 0.15) is 51.4 Å². The summed E-state index contributed by atoms with van der Waals surface area (Å²) in [5.74, 6) is -0.450. The summed E-state index contributed by atoms with van der Waals surface area (Å²) in [6.45, 7) is 6.75. The van der Waals surface area contributed by atoms with E-state index in [0.717, 1.165) is 4.47 Å². The molecule has 3 aromatic rings. The molecule has 2 aromatic carbocycles. The maximum Gasteiger partial charge on any atom is 0.344 e. The second-order valence-corrected chi connectivity index (χ2v) is 9.00. The average Bonchev–Trinajstić information content (AvgIpc) is 2.81. The van der Waals surface area contributed by atoms with E-state index in [1.807, 2.05) is 13.8 Å². The third-order valence-electron chi connectivity index (χ3n) is 5.12. The summed E-state index contributed by atoms with van der Waals surface area (Å²) in [4.78, 5) is 40.9. The minimum Gasteiger partial charge on any atom is -0.474 e. The first kappa shape index (κ1) is 26.0. The van der Waals surface area contributed by atoms with Crippen molar-refractivity contribution in [1.82, 2.24) is 9.66 Å². The fraction of sp³-hybridized carbons (Fsp3) is 0.333. The van der Waals surface area contributed by atoms with Gasteiger partial charge in [-0.25, -0.2) is 9.78 Å². The summed E-state index contributed by atoms with van der Waals surface area (Å²) in [5, 5.41) is 16.3. The third kappa shape index (κ3) is 6.10. The van der Waals surface area contributed by atoms with E-state index < -0.39 is 17.5 Å². The Morgan fingerprint density at radius 2 is 2.03 bits per heavy atom. The highest BCUT2D eigenvalue weighted by atomic mass is 79.9. The van der Waals surface area contributed by atoms with Crippen LogP contribution in [0.25, 0.3) is 10.9 Å². The van der Waals surface area contributed by atoms with E-state index in [1.165, 1.54) is 23.0 Å². The molecule has 1 aromatic heterocycles. The topological polar surface area (TPSA) is 126 Å².